The number of ether oxygens (including phenoxy) is 3. The Hall–Kier alpha value is -3.55. The molecule has 2 amide bonds. The zero-order valence-corrected chi connectivity index (χ0v) is 14.6. The molecule has 1 aliphatic rings. The van der Waals surface area contributed by atoms with Gasteiger partial charge in [-0.25, -0.2) is 4.79 Å². The number of amides is 2. The van der Waals surface area contributed by atoms with Gasteiger partial charge in [0.2, 0.25) is 0 Å². The number of hydrogen-bond donors (Lipinski definition) is 2. The molecule has 0 atom stereocenters. The summed E-state index contributed by atoms with van der Waals surface area (Å²) < 4.78 is 15.8. The SMILES string of the molecule is CCOC(=O)c1ccccc1NC(=O)C(=O)Nc1ccc2c(c1)OCCO2. The molecule has 8 nitrogen and oxygen atoms in total. The Balaban J connectivity index is 1.68. The molecule has 1 aliphatic heterocycles. The number of nitrogens with one attached hydrogen (secondary N) is 2. The minimum atomic E-state index is -0.915. The summed E-state index contributed by atoms with van der Waals surface area (Å²) in [5.41, 5.74) is 0.746. The summed E-state index contributed by atoms with van der Waals surface area (Å²) in [4.78, 5) is 36.3. The first kappa shape index (κ1) is 18.2. The molecule has 0 fully saturated rings. The third-order valence-corrected chi connectivity index (χ3v) is 3.68. The molecule has 0 aliphatic carbocycles. The zero-order valence-electron chi connectivity index (χ0n) is 14.6. The van der Waals surface area contributed by atoms with Crippen LogP contribution >= 0.6 is 0 Å². The zero-order chi connectivity index (χ0) is 19.2. The van der Waals surface area contributed by atoms with Crippen LogP contribution in [0.5, 0.6) is 11.5 Å². The van der Waals surface area contributed by atoms with Crippen molar-refractivity contribution < 1.29 is 28.6 Å². The summed E-state index contributed by atoms with van der Waals surface area (Å²) >= 11 is 0. The molecule has 2 aromatic carbocycles. The lowest BCUT2D eigenvalue weighted by molar-refractivity contribution is -0.133. The van der Waals surface area contributed by atoms with Crippen LogP contribution in [0.25, 0.3) is 0 Å². The first-order valence-electron chi connectivity index (χ1n) is 8.36. The molecule has 2 N–H and O–H groups in total. The molecule has 0 saturated heterocycles. The van der Waals surface area contributed by atoms with E-state index >= 15 is 0 Å². The van der Waals surface area contributed by atoms with Gasteiger partial charge < -0.3 is 24.8 Å². The first-order chi connectivity index (χ1) is 13.1. The Bertz CT molecular complexity index is 880. The molecular weight excluding hydrogens is 352 g/mol. The van der Waals surface area contributed by atoms with Crippen LogP contribution in [0.2, 0.25) is 0 Å². The predicted molar refractivity (Wildman–Crippen MR) is 97.1 cm³/mol. The molecule has 0 unspecified atom stereocenters. The molecule has 140 valence electrons. The molecule has 1 heterocycles. The van der Waals surface area contributed by atoms with Gasteiger partial charge in [0.05, 0.1) is 17.9 Å². The molecule has 0 aromatic heterocycles. The maximum Gasteiger partial charge on any atom is 0.340 e. The minimum absolute atomic E-state index is 0.167. The molecule has 2 aromatic rings. The Labute approximate surface area is 155 Å². The van der Waals surface area contributed by atoms with Gasteiger partial charge >= 0.3 is 17.8 Å². The minimum Gasteiger partial charge on any atom is -0.486 e. The fourth-order valence-electron chi connectivity index (χ4n) is 2.47. The van der Waals surface area contributed by atoms with E-state index in [1.807, 2.05) is 0 Å². The van der Waals surface area contributed by atoms with Crippen molar-refractivity contribution in [1.29, 1.82) is 0 Å². The van der Waals surface area contributed by atoms with Crippen molar-refractivity contribution in [2.24, 2.45) is 0 Å². The van der Waals surface area contributed by atoms with Crippen LogP contribution in [-0.4, -0.2) is 37.6 Å². The summed E-state index contributed by atoms with van der Waals surface area (Å²) in [6, 6.07) is 11.1. The number of hydrogen-bond acceptors (Lipinski definition) is 6. The van der Waals surface area contributed by atoms with Gasteiger partial charge in [-0.05, 0) is 31.2 Å². The highest BCUT2D eigenvalue weighted by Crippen LogP contribution is 2.32. The van der Waals surface area contributed by atoms with E-state index in [0.29, 0.717) is 30.4 Å². The van der Waals surface area contributed by atoms with Gasteiger partial charge in [0, 0.05) is 11.8 Å². The topological polar surface area (TPSA) is 103 Å². The first-order valence-corrected chi connectivity index (χ1v) is 8.36. The van der Waals surface area contributed by atoms with Crippen LogP contribution in [0, 0.1) is 0 Å². The Morgan fingerprint density at radius 2 is 1.67 bits per heavy atom. The number of carbonyl (C=O) groups is 3. The number of benzene rings is 2. The van der Waals surface area contributed by atoms with Gasteiger partial charge in [-0.15, -0.1) is 0 Å². The molecular formula is C19H18N2O6. The van der Waals surface area contributed by atoms with E-state index in [1.54, 1.807) is 37.3 Å². The summed E-state index contributed by atoms with van der Waals surface area (Å²) in [6.45, 7) is 2.75. The largest absolute Gasteiger partial charge is 0.486 e. The maximum absolute atomic E-state index is 12.2. The van der Waals surface area contributed by atoms with E-state index in [4.69, 9.17) is 14.2 Å². The van der Waals surface area contributed by atoms with Gasteiger partial charge in [-0.3, -0.25) is 9.59 Å². The van der Waals surface area contributed by atoms with Crippen molar-refractivity contribution in [3.8, 4) is 11.5 Å². The lowest BCUT2D eigenvalue weighted by Gasteiger charge is -2.19. The molecule has 8 heteroatoms. The highest BCUT2D eigenvalue weighted by Gasteiger charge is 2.19. The average molecular weight is 370 g/mol. The molecule has 0 saturated carbocycles. The Morgan fingerprint density at radius 3 is 2.44 bits per heavy atom. The van der Waals surface area contributed by atoms with Crippen molar-refractivity contribution in [2.75, 3.05) is 30.5 Å². The molecule has 27 heavy (non-hydrogen) atoms. The van der Waals surface area contributed by atoms with E-state index < -0.39 is 17.8 Å². The highest BCUT2D eigenvalue weighted by atomic mass is 16.6. The van der Waals surface area contributed by atoms with E-state index in [-0.39, 0.29) is 17.9 Å². The van der Waals surface area contributed by atoms with Crippen molar-refractivity contribution >= 4 is 29.2 Å². The normalized spacial score (nSPS) is 12.0. The number of para-hydroxylation sites is 1. The van der Waals surface area contributed by atoms with E-state index in [2.05, 4.69) is 10.6 Å². The number of anilines is 2. The third-order valence-electron chi connectivity index (χ3n) is 3.68. The highest BCUT2D eigenvalue weighted by molar-refractivity contribution is 6.44. The van der Waals surface area contributed by atoms with Crippen LogP contribution in [0.3, 0.4) is 0 Å². The number of esters is 1. The van der Waals surface area contributed by atoms with Gasteiger partial charge in [-0.1, -0.05) is 12.1 Å². The maximum atomic E-state index is 12.2. The predicted octanol–water partition coefficient (Wildman–Crippen LogP) is 2.21. The lowest BCUT2D eigenvalue weighted by Crippen LogP contribution is -2.30. The van der Waals surface area contributed by atoms with Crippen molar-refractivity contribution in [3.63, 3.8) is 0 Å². The number of carbonyl (C=O) groups excluding carboxylic acids is 3. The van der Waals surface area contributed by atoms with E-state index in [9.17, 15) is 14.4 Å². The Morgan fingerprint density at radius 1 is 0.963 bits per heavy atom. The second kappa shape index (κ2) is 8.22. The quantitative estimate of drug-likeness (QED) is 0.632. The van der Waals surface area contributed by atoms with Crippen molar-refractivity contribution in [1.82, 2.24) is 0 Å². The molecule has 0 bridgehead atoms. The second-order valence-corrected chi connectivity index (χ2v) is 5.53. The van der Waals surface area contributed by atoms with Crippen LogP contribution in [0.1, 0.15) is 17.3 Å². The van der Waals surface area contributed by atoms with E-state index in [1.165, 1.54) is 12.1 Å². The Kier molecular flexibility index (Phi) is 5.55. The lowest BCUT2D eigenvalue weighted by atomic mass is 10.2. The average Bonchev–Trinajstić information content (AvgIpc) is 2.68. The van der Waals surface area contributed by atoms with Gasteiger partial charge in [0.15, 0.2) is 11.5 Å². The third kappa shape index (κ3) is 4.35. The summed E-state index contributed by atoms with van der Waals surface area (Å²) in [5.74, 6) is -1.31. The van der Waals surface area contributed by atoms with Gasteiger partial charge in [0.1, 0.15) is 13.2 Å². The number of rotatable bonds is 4. The standard InChI is InChI=1S/C19H18N2O6/c1-2-25-19(24)13-5-3-4-6-14(13)21-18(23)17(22)20-12-7-8-15-16(11-12)27-10-9-26-15/h3-8,11H,2,9-10H2,1H3,(H,20,22)(H,21,23). The summed E-state index contributed by atoms with van der Waals surface area (Å²) in [5, 5.41) is 4.91. The van der Waals surface area contributed by atoms with Crippen LogP contribution in [0.15, 0.2) is 42.5 Å². The van der Waals surface area contributed by atoms with Crippen molar-refractivity contribution in [3.05, 3.63) is 48.0 Å². The van der Waals surface area contributed by atoms with E-state index in [0.717, 1.165) is 0 Å². The van der Waals surface area contributed by atoms with Crippen molar-refractivity contribution in [2.45, 2.75) is 6.92 Å². The molecule has 0 radical (unpaired) electrons. The fourth-order valence-corrected chi connectivity index (χ4v) is 2.47. The summed E-state index contributed by atoms with van der Waals surface area (Å²) in [6.07, 6.45) is 0. The summed E-state index contributed by atoms with van der Waals surface area (Å²) in [7, 11) is 0. The molecule has 0 spiro atoms. The van der Waals surface area contributed by atoms with Crippen LogP contribution < -0.4 is 20.1 Å². The van der Waals surface area contributed by atoms with Crippen LogP contribution in [-0.2, 0) is 14.3 Å². The molecule has 3 rings (SSSR count). The van der Waals surface area contributed by atoms with Crippen LogP contribution in [0.4, 0.5) is 11.4 Å². The monoisotopic (exact) mass is 370 g/mol. The fraction of sp³-hybridized carbons (Fsp3) is 0.211. The number of fused-ring (bicyclic) bond motifs is 1. The van der Waals surface area contributed by atoms with Gasteiger partial charge in [-0.2, -0.15) is 0 Å². The second-order valence-electron chi connectivity index (χ2n) is 5.53. The van der Waals surface area contributed by atoms with Gasteiger partial charge in [0.25, 0.3) is 0 Å². The smallest absolute Gasteiger partial charge is 0.340 e.